The number of rotatable bonds is 6. The Kier molecular flexibility index (Phi) is 5.33. The molecular weight excluding hydrogens is 361 g/mol. The number of aromatic nitrogens is 2. The molecule has 26 heavy (non-hydrogen) atoms. The first-order valence-corrected chi connectivity index (χ1v) is 7.19. The van der Waals surface area contributed by atoms with Gasteiger partial charge in [-0.1, -0.05) is 6.58 Å². The molecule has 10 heteroatoms. The Balaban J connectivity index is 2.13. The van der Waals surface area contributed by atoms with E-state index < -0.39 is 30.2 Å². The number of imidazole rings is 1. The van der Waals surface area contributed by atoms with E-state index in [1.165, 1.54) is 6.20 Å². The zero-order valence-electron chi connectivity index (χ0n) is 13.5. The van der Waals surface area contributed by atoms with Crippen molar-refractivity contribution in [1.29, 1.82) is 0 Å². The maximum Gasteiger partial charge on any atom is 0.417 e. The van der Waals surface area contributed by atoms with Crippen LogP contribution in [0.4, 0.5) is 27.8 Å². The second-order valence-electron chi connectivity index (χ2n) is 5.41. The third-order valence-electron chi connectivity index (χ3n) is 3.00. The zero-order valence-corrected chi connectivity index (χ0v) is 13.5. The molecule has 0 atom stereocenters. The molecule has 2 rings (SSSR count). The van der Waals surface area contributed by atoms with Gasteiger partial charge in [0.1, 0.15) is 11.4 Å². The van der Waals surface area contributed by atoms with Crippen LogP contribution in [-0.4, -0.2) is 27.8 Å². The molecule has 1 amide bonds. The summed E-state index contributed by atoms with van der Waals surface area (Å²) in [6.45, 7) is 3.06. The number of allylic oxidation sites excluding steroid dienone is 1. The summed E-state index contributed by atoms with van der Waals surface area (Å²) in [6.07, 6.45) is -0.545. The molecule has 0 saturated carbocycles. The molecule has 2 aromatic rings. The third-order valence-corrected chi connectivity index (χ3v) is 3.00. The molecule has 0 fully saturated rings. The highest BCUT2D eigenvalue weighted by Gasteiger charge is 2.30. The summed E-state index contributed by atoms with van der Waals surface area (Å²) in [6, 6.07) is 2.01. The van der Waals surface area contributed by atoms with Crippen LogP contribution in [0.5, 0.6) is 0 Å². The predicted octanol–water partition coefficient (Wildman–Crippen LogP) is 4.03. The highest BCUT2D eigenvalue weighted by molar-refractivity contribution is 5.99. The lowest BCUT2D eigenvalue weighted by Crippen LogP contribution is -2.19. The van der Waals surface area contributed by atoms with Crippen LogP contribution in [0.1, 0.15) is 12.5 Å². The van der Waals surface area contributed by atoms with E-state index in [4.69, 9.17) is 4.74 Å². The van der Waals surface area contributed by atoms with E-state index in [2.05, 4.69) is 16.9 Å². The van der Waals surface area contributed by atoms with Gasteiger partial charge in [0.15, 0.2) is 12.4 Å². The molecule has 2 aromatic heterocycles. The number of anilines is 1. The quantitative estimate of drug-likeness (QED) is 0.359. The normalized spacial score (nSPS) is 12.9. The fourth-order valence-electron chi connectivity index (χ4n) is 1.88. The number of carbonyl (C=O) groups excluding carboxylic acids is 1. The van der Waals surface area contributed by atoms with E-state index >= 15 is 0 Å². The minimum Gasteiger partial charge on any atom is -0.487 e. The summed E-state index contributed by atoms with van der Waals surface area (Å²) in [4.78, 5) is 15.8. The molecule has 2 heterocycles. The standard InChI is InChI=1S/C16H14F5N3O2/c1-3-11(26-9-15(2,17)18)6-14(25)23-12-8-24-7-10(16(19,20)21)4-5-13(24)22-12/h3-8H,1,9H2,2H3,(H,23,25)/b11-6+. The van der Waals surface area contributed by atoms with Crippen LogP contribution in [0.3, 0.4) is 0 Å². The van der Waals surface area contributed by atoms with Crippen molar-refractivity contribution in [2.75, 3.05) is 11.9 Å². The second kappa shape index (κ2) is 7.14. The van der Waals surface area contributed by atoms with Gasteiger partial charge in [-0.25, -0.2) is 13.8 Å². The SMILES string of the molecule is C=C/C(=C\C(=O)Nc1cn2cc(C(F)(F)F)ccc2n1)OCC(C)(F)F. The van der Waals surface area contributed by atoms with E-state index in [9.17, 15) is 26.7 Å². The minimum atomic E-state index is -4.51. The summed E-state index contributed by atoms with van der Waals surface area (Å²) in [5, 5.41) is 2.31. The van der Waals surface area contributed by atoms with Gasteiger partial charge in [0, 0.05) is 19.2 Å². The van der Waals surface area contributed by atoms with Crippen molar-refractivity contribution in [3.8, 4) is 0 Å². The molecule has 140 valence electrons. The Labute approximate surface area is 144 Å². The Bertz CT molecular complexity index is 850. The number of hydrogen-bond donors (Lipinski definition) is 1. The van der Waals surface area contributed by atoms with E-state index in [1.54, 1.807) is 0 Å². The smallest absolute Gasteiger partial charge is 0.417 e. The van der Waals surface area contributed by atoms with Crippen LogP contribution in [-0.2, 0) is 15.7 Å². The molecule has 0 aromatic carbocycles. The van der Waals surface area contributed by atoms with Crippen molar-refractivity contribution in [3.05, 3.63) is 54.6 Å². The van der Waals surface area contributed by atoms with Crippen LogP contribution in [0.25, 0.3) is 5.65 Å². The Morgan fingerprint density at radius 2 is 2.00 bits per heavy atom. The number of fused-ring (bicyclic) bond motifs is 1. The first kappa shape index (κ1) is 19.4. The Morgan fingerprint density at radius 1 is 1.31 bits per heavy atom. The van der Waals surface area contributed by atoms with Gasteiger partial charge in [-0.3, -0.25) is 4.79 Å². The molecule has 0 aliphatic carbocycles. The van der Waals surface area contributed by atoms with Gasteiger partial charge in [0.2, 0.25) is 0 Å². The van der Waals surface area contributed by atoms with Crippen molar-refractivity contribution in [3.63, 3.8) is 0 Å². The lowest BCUT2D eigenvalue weighted by molar-refractivity contribution is -0.137. The van der Waals surface area contributed by atoms with Gasteiger partial charge in [-0.15, -0.1) is 0 Å². The van der Waals surface area contributed by atoms with Crippen molar-refractivity contribution in [2.45, 2.75) is 19.0 Å². The van der Waals surface area contributed by atoms with Crippen molar-refractivity contribution in [1.82, 2.24) is 9.38 Å². The Hall–Kier alpha value is -2.91. The number of pyridine rings is 1. The number of halogens is 5. The fourth-order valence-corrected chi connectivity index (χ4v) is 1.88. The molecule has 5 nitrogen and oxygen atoms in total. The first-order valence-electron chi connectivity index (χ1n) is 7.19. The van der Waals surface area contributed by atoms with Gasteiger partial charge < -0.3 is 14.5 Å². The first-order chi connectivity index (χ1) is 12.0. The number of carbonyl (C=O) groups is 1. The van der Waals surface area contributed by atoms with Gasteiger partial charge >= 0.3 is 6.18 Å². The summed E-state index contributed by atoms with van der Waals surface area (Å²) >= 11 is 0. The number of ether oxygens (including phenoxy) is 1. The van der Waals surface area contributed by atoms with Gasteiger partial charge in [-0.2, -0.15) is 13.2 Å². The highest BCUT2D eigenvalue weighted by atomic mass is 19.4. The van der Waals surface area contributed by atoms with Crippen LogP contribution in [0, 0.1) is 0 Å². The molecule has 0 unspecified atom stereocenters. The maximum absolute atomic E-state index is 12.8. The average molecular weight is 375 g/mol. The molecule has 0 bridgehead atoms. The van der Waals surface area contributed by atoms with Crippen molar-refractivity contribution in [2.24, 2.45) is 0 Å². The monoisotopic (exact) mass is 375 g/mol. The molecule has 0 aliphatic heterocycles. The molecule has 0 radical (unpaired) electrons. The fraction of sp³-hybridized carbons (Fsp3) is 0.250. The topological polar surface area (TPSA) is 55.6 Å². The van der Waals surface area contributed by atoms with E-state index in [-0.39, 0.29) is 17.2 Å². The molecule has 0 spiro atoms. The lowest BCUT2D eigenvalue weighted by Gasteiger charge is -2.12. The van der Waals surface area contributed by atoms with E-state index in [0.29, 0.717) is 6.92 Å². The van der Waals surface area contributed by atoms with Gasteiger partial charge in [-0.05, 0) is 18.2 Å². The average Bonchev–Trinajstić information content (AvgIpc) is 2.90. The molecular formula is C16H14F5N3O2. The maximum atomic E-state index is 12.8. The third kappa shape index (κ3) is 5.30. The van der Waals surface area contributed by atoms with Crippen LogP contribution in [0.2, 0.25) is 0 Å². The summed E-state index contributed by atoms with van der Waals surface area (Å²) in [5.74, 6) is -4.06. The Morgan fingerprint density at radius 3 is 2.58 bits per heavy atom. The minimum absolute atomic E-state index is 0.0187. The van der Waals surface area contributed by atoms with Gasteiger partial charge in [0.05, 0.1) is 11.8 Å². The number of amides is 1. The number of alkyl halides is 5. The number of nitrogens with zero attached hydrogens (tertiary/aromatic N) is 2. The number of nitrogens with one attached hydrogen (secondary N) is 1. The van der Waals surface area contributed by atoms with Crippen LogP contribution < -0.4 is 5.32 Å². The lowest BCUT2D eigenvalue weighted by atomic mass is 10.3. The summed E-state index contributed by atoms with van der Waals surface area (Å²) in [5.41, 5.74) is -0.689. The molecule has 0 saturated heterocycles. The van der Waals surface area contributed by atoms with Crippen LogP contribution in [0.15, 0.2) is 49.0 Å². The van der Waals surface area contributed by atoms with Crippen LogP contribution >= 0.6 is 0 Å². The van der Waals surface area contributed by atoms with E-state index in [0.717, 1.165) is 34.9 Å². The summed E-state index contributed by atoms with van der Waals surface area (Å²) in [7, 11) is 0. The van der Waals surface area contributed by atoms with Crippen molar-refractivity contribution >= 4 is 17.4 Å². The predicted molar refractivity (Wildman–Crippen MR) is 83.7 cm³/mol. The molecule has 1 N–H and O–H groups in total. The zero-order chi connectivity index (χ0) is 19.5. The second-order valence-corrected chi connectivity index (χ2v) is 5.41. The van der Waals surface area contributed by atoms with Gasteiger partial charge in [0.25, 0.3) is 11.8 Å². The number of hydrogen-bond acceptors (Lipinski definition) is 3. The highest BCUT2D eigenvalue weighted by Crippen LogP contribution is 2.29. The molecule has 0 aliphatic rings. The largest absolute Gasteiger partial charge is 0.487 e. The summed E-state index contributed by atoms with van der Waals surface area (Å²) < 4.78 is 69.4. The van der Waals surface area contributed by atoms with E-state index in [1.807, 2.05) is 0 Å². The van der Waals surface area contributed by atoms with Crippen molar-refractivity contribution < 1.29 is 31.5 Å².